The van der Waals surface area contributed by atoms with Crippen LogP contribution in [0.15, 0.2) is 0 Å². The zero-order chi connectivity index (χ0) is 14.9. The van der Waals surface area contributed by atoms with Gasteiger partial charge in [-0.2, -0.15) is 0 Å². The Morgan fingerprint density at radius 3 is 2.55 bits per heavy atom. The molecule has 6 nitrogen and oxygen atoms in total. The highest BCUT2D eigenvalue weighted by molar-refractivity contribution is 7.89. The van der Waals surface area contributed by atoms with Crippen molar-refractivity contribution in [1.29, 1.82) is 0 Å². The molecule has 0 amide bonds. The predicted octanol–water partition coefficient (Wildman–Crippen LogP) is 0.596. The quantitative estimate of drug-likeness (QED) is 0.823. The van der Waals surface area contributed by atoms with E-state index in [-0.39, 0.29) is 6.04 Å². The smallest absolute Gasteiger partial charge is 0.307 e. The highest BCUT2D eigenvalue weighted by atomic mass is 32.2. The Balaban J connectivity index is 2.14. The second-order valence-corrected chi connectivity index (χ2v) is 8.24. The summed E-state index contributed by atoms with van der Waals surface area (Å²) in [6.45, 7) is 1.71. The van der Waals surface area contributed by atoms with Gasteiger partial charge in [-0.05, 0) is 39.3 Å². The van der Waals surface area contributed by atoms with E-state index in [1.807, 2.05) is 7.05 Å². The molecular weight excluding hydrogens is 280 g/mol. The number of nitrogens with zero attached hydrogens (tertiary/aromatic N) is 2. The van der Waals surface area contributed by atoms with Crippen LogP contribution in [-0.4, -0.2) is 67.2 Å². The summed E-state index contributed by atoms with van der Waals surface area (Å²) < 4.78 is 26.8. The van der Waals surface area contributed by atoms with E-state index in [1.165, 1.54) is 4.31 Å². The van der Waals surface area contributed by atoms with Gasteiger partial charge in [0.1, 0.15) is 0 Å². The minimum Gasteiger partial charge on any atom is -0.481 e. The fourth-order valence-corrected chi connectivity index (χ4v) is 5.57. The normalized spacial score (nSPS) is 32.6. The van der Waals surface area contributed by atoms with Crippen molar-refractivity contribution in [3.05, 3.63) is 0 Å². The topological polar surface area (TPSA) is 77.9 Å². The Kier molecular flexibility index (Phi) is 4.71. The number of carboxylic acid groups (broad SMARTS) is 1. The molecule has 1 saturated carbocycles. The number of carbonyl (C=O) groups is 1. The molecule has 1 aliphatic heterocycles. The number of sulfonamides is 1. The van der Waals surface area contributed by atoms with Crippen LogP contribution in [0.25, 0.3) is 0 Å². The molecule has 0 aromatic carbocycles. The molecule has 2 fully saturated rings. The van der Waals surface area contributed by atoms with Crippen molar-refractivity contribution in [2.75, 3.05) is 27.2 Å². The largest absolute Gasteiger partial charge is 0.481 e. The lowest BCUT2D eigenvalue weighted by Crippen LogP contribution is -2.50. The summed E-state index contributed by atoms with van der Waals surface area (Å²) in [4.78, 5) is 13.3. The lowest BCUT2D eigenvalue weighted by molar-refractivity contribution is -0.141. The van der Waals surface area contributed by atoms with Crippen LogP contribution in [0.4, 0.5) is 0 Å². The molecule has 0 aromatic rings. The number of likely N-dealkylation sites (tertiary alicyclic amines) is 1. The Morgan fingerprint density at radius 1 is 1.25 bits per heavy atom. The van der Waals surface area contributed by atoms with Gasteiger partial charge in [0, 0.05) is 19.6 Å². The Labute approximate surface area is 120 Å². The molecule has 1 heterocycles. The maximum absolute atomic E-state index is 12.7. The summed E-state index contributed by atoms with van der Waals surface area (Å²) in [6.07, 6.45) is 3.45. The molecule has 3 atom stereocenters. The average molecular weight is 304 g/mol. The van der Waals surface area contributed by atoms with E-state index in [4.69, 9.17) is 0 Å². The van der Waals surface area contributed by atoms with Crippen molar-refractivity contribution in [2.45, 2.75) is 43.4 Å². The lowest BCUT2D eigenvalue weighted by atomic mass is 10.1. The third kappa shape index (κ3) is 2.99. The molecule has 0 radical (unpaired) electrons. The van der Waals surface area contributed by atoms with Crippen LogP contribution in [0.5, 0.6) is 0 Å². The van der Waals surface area contributed by atoms with Gasteiger partial charge in [0.15, 0.2) is 0 Å². The molecule has 2 aliphatic rings. The Bertz CT molecular complexity index is 465. The van der Waals surface area contributed by atoms with Gasteiger partial charge >= 0.3 is 5.97 Å². The first-order valence-electron chi connectivity index (χ1n) is 7.22. The standard InChI is InChI=1S/C13H24N2O4S/c1-14-8-4-5-10(9-14)15(2)20(18,19)12-7-3-6-11(12)13(16)17/h10-12H,3-9H2,1-2H3,(H,16,17). The molecule has 2 rings (SSSR count). The lowest BCUT2D eigenvalue weighted by Gasteiger charge is -2.36. The first kappa shape index (κ1) is 15.7. The summed E-state index contributed by atoms with van der Waals surface area (Å²) in [6, 6.07) is -0.0335. The summed E-state index contributed by atoms with van der Waals surface area (Å²) in [5.74, 6) is -1.73. The molecule has 1 aliphatic carbocycles. The molecule has 0 bridgehead atoms. The molecular formula is C13H24N2O4S. The number of rotatable bonds is 4. The molecule has 116 valence electrons. The number of likely N-dealkylation sites (N-methyl/N-ethyl adjacent to an activating group) is 2. The van der Waals surface area contributed by atoms with Crippen LogP contribution in [0.1, 0.15) is 32.1 Å². The maximum Gasteiger partial charge on any atom is 0.307 e. The van der Waals surface area contributed by atoms with E-state index < -0.39 is 27.2 Å². The summed E-state index contributed by atoms with van der Waals surface area (Å²) in [5, 5.41) is 8.44. The Morgan fingerprint density at radius 2 is 1.95 bits per heavy atom. The minimum atomic E-state index is -3.53. The van der Waals surface area contributed by atoms with Crippen LogP contribution in [0, 0.1) is 5.92 Å². The van der Waals surface area contributed by atoms with Crippen LogP contribution >= 0.6 is 0 Å². The maximum atomic E-state index is 12.7. The second kappa shape index (κ2) is 5.99. The van der Waals surface area contributed by atoms with Crippen LogP contribution in [0.2, 0.25) is 0 Å². The fraction of sp³-hybridized carbons (Fsp3) is 0.923. The molecule has 0 spiro atoms. The number of piperidine rings is 1. The molecule has 7 heteroatoms. The van der Waals surface area contributed by atoms with Gasteiger partial charge in [0.2, 0.25) is 10.0 Å². The van der Waals surface area contributed by atoms with Gasteiger partial charge in [-0.15, -0.1) is 0 Å². The monoisotopic (exact) mass is 304 g/mol. The fourth-order valence-electron chi connectivity index (χ4n) is 3.42. The number of hydrogen-bond donors (Lipinski definition) is 1. The van der Waals surface area contributed by atoms with Gasteiger partial charge in [0.25, 0.3) is 0 Å². The molecule has 1 saturated heterocycles. The van der Waals surface area contributed by atoms with E-state index in [2.05, 4.69) is 4.90 Å². The first-order valence-corrected chi connectivity index (χ1v) is 8.72. The van der Waals surface area contributed by atoms with Gasteiger partial charge in [0.05, 0.1) is 11.2 Å². The van der Waals surface area contributed by atoms with Gasteiger partial charge in [-0.25, -0.2) is 12.7 Å². The number of carboxylic acids is 1. The third-order valence-electron chi connectivity index (χ3n) is 4.67. The SMILES string of the molecule is CN1CCCC(N(C)S(=O)(=O)C2CCCC2C(=O)O)C1. The zero-order valence-electron chi connectivity index (χ0n) is 12.2. The van der Waals surface area contributed by atoms with E-state index >= 15 is 0 Å². The number of hydrogen-bond acceptors (Lipinski definition) is 4. The van der Waals surface area contributed by atoms with E-state index in [1.54, 1.807) is 7.05 Å². The van der Waals surface area contributed by atoms with Crippen LogP contribution in [-0.2, 0) is 14.8 Å². The highest BCUT2D eigenvalue weighted by Crippen LogP contribution is 2.34. The second-order valence-electron chi connectivity index (χ2n) is 6.03. The van der Waals surface area contributed by atoms with Crippen molar-refractivity contribution in [2.24, 2.45) is 5.92 Å². The van der Waals surface area contributed by atoms with Crippen molar-refractivity contribution < 1.29 is 18.3 Å². The van der Waals surface area contributed by atoms with Crippen molar-refractivity contribution in [1.82, 2.24) is 9.21 Å². The van der Waals surface area contributed by atoms with E-state index in [0.29, 0.717) is 19.3 Å². The van der Waals surface area contributed by atoms with Gasteiger partial charge in [-0.1, -0.05) is 6.42 Å². The van der Waals surface area contributed by atoms with Crippen LogP contribution in [0.3, 0.4) is 0 Å². The first-order chi connectivity index (χ1) is 9.34. The Hall–Kier alpha value is -0.660. The molecule has 1 N–H and O–H groups in total. The molecule has 0 aromatic heterocycles. The summed E-state index contributed by atoms with van der Waals surface area (Å²) in [5.41, 5.74) is 0. The van der Waals surface area contributed by atoms with Gasteiger partial charge in [-0.3, -0.25) is 4.79 Å². The van der Waals surface area contributed by atoms with E-state index in [0.717, 1.165) is 25.9 Å². The highest BCUT2D eigenvalue weighted by Gasteiger charge is 2.45. The third-order valence-corrected chi connectivity index (χ3v) is 7.10. The van der Waals surface area contributed by atoms with Crippen molar-refractivity contribution >= 4 is 16.0 Å². The van der Waals surface area contributed by atoms with Crippen LogP contribution < -0.4 is 0 Å². The summed E-state index contributed by atoms with van der Waals surface area (Å²) in [7, 11) is 0.0657. The van der Waals surface area contributed by atoms with Gasteiger partial charge < -0.3 is 10.0 Å². The zero-order valence-corrected chi connectivity index (χ0v) is 13.0. The van der Waals surface area contributed by atoms with Crippen molar-refractivity contribution in [3.63, 3.8) is 0 Å². The number of aliphatic carboxylic acids is 1. The van der Waals surface area contributed by atoms with E-state index in [9.17, 15) is 18.3 Å². The summed E-state index contributed by atoms with van der Waals surface area (Å²) >= 11 is 0. The molecule has 20 heavy (non-hydrogen) atoms. The average Bonchev–Trinajstić information content (AvgIpc) is 2.87. The predicted molar refractivity (Wildman–Crippen MR) is 76.0 cm³/mol. The van der Waals surface area contributed by atoms with Crippen molar-refractivity contribution in [3.8, 4) is 0 Å². The minimum absolute atomic E-state index is 0.0335. The molecule has 3 unspecified atom stereocenters.